The van der Waals surface area contributed by atoms with Crippen molar-refractivity contribution in [2.45, 2.75) is 31.6 Å². The molecule has 79 valence electrons. The maximum absolute atomic E-state index is 5.58. The molecule has 0 rings (SSSR count). The van der Waals surface area contributed by atoms with Gasteiger partial charge < -0.3 is 13.3 Å². The van der Waals surface area contributed by atoms with Crippen LogP contribution in [0.4, 0.5) is 0 Å². The highest BCUT2D eigenvalue weighted by atomic mass is 28.4. The lowest BCUT2D eigenvalue weighted by Gasteiger charge is -2.32. The molecule has 0 aromatic rings. The highest BCUT2D eigenvalue weighted by Crippen LogP contribution is 2.28. The van der Waals surface area contributed by atoms with Crippen LogP contribution < -0.4 is 0 Å². The molecule has 0 bridgehead atoms. The fraction of sp³-hybridized carbons (Fsp3) is 1.00. The Balaban J connectivity index is 4.46. The highest BCUT2D eigenvalue weighted by Gasteiger charge is 2.40. The van der Waals surface area contributed by atoms with Gasteiger partial charge in [-0.2, -0.15) is 0 Å². The number of hydrogen-bond acceptors (Lipinski definition) is 3. The Hall–Kier alpha value is 0.314. The summed E-state index contributed by atoms with van der Waals surface area (Å²) in [6.07, 6.45) is 1.07. The van der Waals surface area contributed by atoms with Crippen LogP contribution in [0.1, 0.15) is 13.3 Å². The van der Waals surface area contributed by atoms with E-state index in [-0.39, 0.29) is 0 Å². The molecule has 5 heteroatoms. The van der Waals surface area contributed by atoms with Crippen molar-refractivity contribution in [1.82, 2.24) is 0 Å². The molecule has 0 aromatic carbocycles. The average Bonchev–Trinajstić information content (AvgIpc) is 2.13. The smallest absolute Gasteiger partial charge is 0.386 e. The molecule has 0 aliphatic rings. The van der Waals surface area contributed by atoms with Crippen LogP contribution in [0.25, 0.3) is 0 Å². The highest BCUT2D eigenvalue weighted by molar-refractivity contribution is 6.83. The third-order valence-corrected chi connectivity index (χ3v) is 10.2. The average molecular weight is 221 g/mol. The Morgan fingerprint density at radius 2 is 1.62 bits per heavy atom. The topological polar surface area (TPSA) is 27.7 Å². The van der Waals surface area contributed by atoms with E-state index in [0.29, 0.717) is 5.16 Å². The molecule has 13 heavy (non-hydrogen) atoms. The molecule has 0 amide bonds. The summed E-state index contributed by atoms with van der Waals surface area (Å²) < 4.78 is 16.3. The fourth-order valence-corrected chi connectivity index (χ4v) is 7.12. The third kappa shape index (κ3) is 3.51. The van der Waals surface area contributed by atoms with E-state index in [0.717, 1.165) is 6.42 Å². The minimum absolute atomic E-state index is 0.484. The van der Waals surface area contributed by atoms with Crippen LogP contribution in [-0.2, 0) is 13.3 Å². The normalized spacial score (nSPS) is 15.0. The monoisotopic (exact) mass is 221 g/mol. The largest absolute Gasteiger partial charge is 0.420 e. The second-order valence-electron chi connectivity index (χ2n) is 3.50. The van der Waals surface area contributed by atoms with Gasteiger partial charge in [-0.1, -0.05) is 13.3 Å². The first-order valence-electron chi connectivity index (χ1n) is 4.53. The van der Waals surface area contributed by atoms with Gasteiger partial charge in [-0.15, -0.1) is 0 Å². The van der Waals surface area contributed by atoms with Crippen molar-refractivity contribution in [2.24, 2.45) is 0 Å². The van der Waals surface area contributed by atoms with Gasteiger partial charge in [0.2, 0.25) is 0 Å². The molecule has 0 aromatic heterocycles. The van der Waals surface area contributed by atoms with Gasteiger partial charge in [-0.25, -0.2) is 0 Å². The van der Waals surface area contributed by atoms with Crippen LogP contribution in [0, 0.1) is 0 Å². The quantitative estimate of drug-likeness (QED) is 0.642. The Labute approximate surface area is 84.4 Å². The second-order valence-corrected chi connectivity index (χ2v) is 10.5. The Morgan fingerprint density at radius 1 is 1.15 bits per heavy atom. The van der Waals surface area contributed by atoms with Crippen LogP contribution in [-0.4, -0.2) is 38.9 Å². The van der Waals surface area contributed by atoms with Crippen LogP contribution in [0.2, 0.25) is 18.3 Å². The lowest BCUT2D eigenvalue weighted by molar-refractivity contribution is 0.266. The molecule has 0 N–H and O–H groups in total. The number of rotatable bonds is 6. The van der Waals surface area contributed by atoms with Crippen molar-refractivity contribution in [3.05, 3.63) is 0 Å². The van der Waals surface area contributed by atoms with Gasteiger partial charge in [0.15, 0.2) is 8.32 Å². The van der Waals surface area contributed by atoms with Gasteiger partial charge in [0.25, 0.3) is 0 Å². The van der Waals surface area contributed by atoms with Crippen LogP contribution in [0.15, 0.2) is 0 Å². The first-order chi connectivity index (χ1) is 6.03. The lowest BCUT2D eigenvalue weighted by Crippen LogP contribution is -2.45. The van der Waals surface area contributed by atoms with E-state index in [9.17, 15) is 0 Å². The standard InChI is InChI=1S/C8H21O3Si2/c1-7-8(12(9-2)10-3)13(5,6)11-4/h8H,7H2,1-6H3. The second kappa shape index (κ2) is 5.92. The summed E-state index contributed by atoms with van der Waals surface area (Å²) in [4.78, 5) is 0. The van der Waals surface area contributed by atoms with Crippen LogP contribution in [0.5, 0.6) is 0 Å². The molecule has 0 aliphatic heterocycles. The summed E-state index contributed by atoms with van der Waals surface area (Å²) in [5.41, 5.74) is 0. The van der Waals surface area contributed by atoms with Gasteiger partial charge in [0, 0.05) is 26.5 Å². The van der Waals surface area contributed by atoms with Gasteiger partial charge in [-0.3, -0.25) is 0 Å². The molecular weight excluding hydrogens is 200 g/mol. The van der Waals surface area contributed by atoms with E-state index in [1.54, 1.807) is 21.3 Å². The maximum Gasteiger partial charge on any atom is 0.386 e. The molecule has 0 heterocycles. The first-order valence-corrected chi connectivity index (χ1v) is 8.91. The molecule has 0 saturated heterocycles. The summed E-state index contributed by atoms with van der Waals surface area (Å²) in [6, 6.07) is 0. The summed E-state index contributed by atoms with van der Waals surface area (Å²) >= 11 is 0. The van der Waals surface area contributed by atoms with Crippen LogP contribution >= 0.6 is 0 Å². The summed E-state index contributed by atoms with van der Waals surface area (Å²) in [7, 11) is 2.48. The lowest BCUT2D eigenvalue weighted by atomic mass is 10.6. The molecule has 0 fully saturated rings. The van der Waals surface area contributed by atoms with E-state index >= 15 is 0 Å². The third-order valence-electron chi connectivity index (χ3n) is 2.46. The van der Waals surface area contributed by atoms with E-state index in [1.807, 2.05) is 0 Å². The van der Waals surface area contributed by atoms with E-state index in [4.69, 9.17) is 13.3 Å². The first kappa shape index (κ1) is 13.3. The summed E-state index contributed by atoms with van der Waals surface area (Å²) in [6.45, 7) is 6.59. The Bertz CT molecular complexity index is 137. The molecule has 1 atom stereocenters. The van der Waals surface area contributed by atoms with Gasteiger partial charge >= 0.3 is 9.28 Å². The molecule has 0 aliphatic carbocycles. The molecule has 0 spiro atoms. The molecule has 3 nitrogen and oxygen atoms in total. The van der Waals surface area contributed by atoms with Crippen molar-refractivity contribution in [3.63, 3.8) is 0 Å². The van der Waals surface area contributed by atoms with E-state index in [2.05, 4.69) is 20.0 Å². The predicted octanol–water partition coefficient (Wildman–Crippen LogP) is 1.94. The fourth-order valence-electron chi connectivity index (χ4n) is 1.45. The van der Waals surface area contributed by atoms with Gasteiger partial charge in [-0.05, 0) is 13.1 Å². The minimum atomic E-state index is -1.62. The van der Waals surface area contributed by atoms with E-state index in [1.165, 1.54) is 0 Å². The zero-order valence-corrected chi connectivity index (χ0v) is 11.5. The zero-order chi connectivity index (χ0) is 10.5. The SMILES string of the molecule is CCC([Si](OC)OC)[Si](C)(C)OC. The van der Waals surface area contributed by atoms with Crippen molar-refractivity contribution >= 4 is 17.6 Å². The predicted molar refractivity (Wildman–Crippen MR) is 58.3 cm³/mol. The Morgan fingerprint density at radius 3 is 1.85 bits per heavy atom. The summed E-state index contributed by atoms with van der Waals surface area (Å²) in [5.74, 6) is 0. The number of hydrogen-bond donors (Lipinski definition) is 0. The zero-order valence-electron chi connectivity index (χ0n) is 9.51. The van der Waals surface area contributed by atoms with Crippen molar-refractivity contribution in [2.75, 3.05) is 21.3 Å². The van der Waals surface area contributed by atoms with Gasteiger partial charge in [0.05, 0.1) is 0 Å². The maximum atomic E-state index is 5.58. The van der Waals surface area contributed by atoms with Crippen molar-refractivity contribution in [1.29, 1.82) is 0 Å². The van der Waals surface area contributed by atoms with E-state index < -0.39 is 17.6 Å². The van der Waals surface area contributed by atoms with Gasteiger partial charge in [0.1, 0.15) is 0 Å². The minimum Gasteiger partial charge on any atom is -0.420 e. The molecule has 0 saturated carbocycles. The molecule has 1 radical (unpaired) electrons. The van der Waals surface area contributed by atoms with Crippen molar-refractivity contribution in [3.8, 4) is 0 Å². The summed E-state index contributed by atoms with van der Waals surface area (Å²) in [5, 5.41) is 0.484. The molecule has 1 unspecified atom stereocenters. The molecular formula is C8H21O3Si2. The Kier molecular flexibility index (Phi) is 6.07. The van der Waals surface area contributed by atoms with Crippen molar-refractivity contribution < 1.29 is 13.3 Å². The van der Waals surface area contributed by atoms with Crippen LogP contribution in [0.3, 0.4) is 0 Å².